The number of hydrogen-bond donors (Lipinski definition) is 1. The maximum absolute atomic E-state index is 12.6. The molecule has 0 bridgehead atoms. The number of anilines is 2. The van der Waals surface area contributed by atoms with Gasteiger partial charge in [0.15, 0.2) is 0 Å². The third kappa shape index (κ3) is 3.34. The topological polar surface area (TPSA) is 67.9 Å². The predicted molar refractivity (Wildman–Crippen MR) is 67.8 cm³/mol. The summed E-state index contributed by atoms with van der Waals surface area (Å²) in [4.78, 5) is 12.3. The molecular formula is C12H12F3N5. The number of rotatable bonds is 3. The summed E-state index contributed by atoms with van der Waals surface area (Å²) in [5.41, 5.74) is 6.10. The van der Waals surface area contributed by atoms with Crippen LogP contribution in [0.25, 0.3) is 0 Å². The molecule has 2 N–H and O–H groups in total. The Labute approximate surface area is 113 Å². The Bertz CT molecular complexity index is 585. The lowest BCUT2D eigenvalue weighted by atomic mass is 10.3. The molecule has 0 atom stereocenters. The summed E-state index contributed by atoms with van der Waals surface area (Å²) in [7, 11) is 1.61. The molecule has 0 unspecified atom stereocenters. The number of halogens is 3. The Balaban J connectivity index is 2.26. The zero-order valence-electron chi connectivity index (χ0n) is 10.6. The van der Waals surface area contributed by atoms with Crippen LogP contribution in [0.5, 0.6) is 0 Å². The highest BCUT2D eigenvalue weighted by atomic mass is 19.4. The molecule has 0 amide bonds. The van der Waals surface area contributed by atoms with Crippen LogP contribution in [0.4, 0.5) is 24.8 Å². The molecule has 2 aromatic heterocycles. The van der Waals surface area contributed by atoms with Gasteiger partial charge < -0.3 is 10.6 Å². The fraction of sp³-hybridized carbons (Fsp3) is 0.250. The smallest absolute Gasteiger partial charge is 0.384 e. The van der Waals surface area contributed by atoms with Crippen LogP contribution >= 0.6 is 0 Å². The molecule has 0 aliphatic carbocycles. The molecule has 0 fully saturated rings. The molecule has 0 spiro atoms. The zero-order chi connectivity index (χ0) is 14.8. The number of nitrogens with zero attached hydrogens (tertiary/aromatic N) is 4. The van der Waals surface area contributed by atoms with Crippen molar-refractivity contribution in [3.63, 3.8) is 0 Å². The monoisotopic (exact) mass is 283 g/mol. The Morgan fingerprint density at radius 1 is 1.25 bits per heavy atom. The van der Waals surface area contributed by atoms with Crippen LogP contribution in [0.15, 0.2) is 30.5 Å². The van der Waals surface area contributed by atoms with E-state index >= 15 is 0 Å². The molecule has 2 heterocycles. The summed E-state index contributed by atoms with van der Waals surface area (Å²) in [5.74, 6) is -1.38. The first-order valence-electron chi connectivity index (χ1n) is 5.69. The van der Waals surface area contributed by atoms with Crippen molar-refractivity contribution in [2.24, 2.45) is 0 Å². The van der Waals surface area contributed by atoms with E-state index in [0.29, 0.717) is 12.2 Å². The molecule has 5 nitrogen and oxygen atoms in total. The van der Waals surface area contributed by atoms with Gasteiger partial charge in [-0.3, -0.25) is 4.98 Å². The molecule has 20 heavy (non-hydrogen) atoms. The van der Waals surface area contributed by atoms with Gasteiger partial charge in [0.05, 0.1) is 12.2 Å². The van der Waals surface area contributed by atoms with Crippen molar-refractivity contribution in [1.29, 1.82) is 0 Å². The highest BCUT2D eigenvalue weighted by Crippen LogP contribution is 2.28. The SMILES string of the molecule is CN(Cc1ccccn1)c1cc(N)nc(C(F)(F)F)n1. The van der Waals surface area contributed by atoms with E-state index in [2.05, 4.69) is 15.0 Å². The van der Waals surface area contributed by atoms with Gasteiger partial charge in [0.1, 0.15) is 11.6 Å². The van der Waals surface area contributed by atoms with E-state index in [0.717, 1.165) is 0 Å². The first-order chi connectivity index (χ1) is 9.36. The van der Waals surface area contributed by atoms with E-state index < -0.39 is 12.0 Å². The number of hydrogen-bond acceptors (Lipinski definition) is 5. The van der Waals surface area contributed by atoms with Crippen LogP contribution in [0.2, 0.25) is 0 Å². The lowest BCUT2D eigenvalue weighted by molar-refractivity contribution is -0.144. The average molecular weight is 283 g/mol. The van der Waals surface area contributed by atoms with Gasteiger partial charge in [0, 0.05) is 19.3 Å². The molecular weight excluding hydrogens is 271 g/mol. The Morgan fingerprint density at radius 3 is 2.60 bits per heavy atom. The van der Waals surface area contributed by atoms with Gasteiger partial charge in [-0.2, -0.15) is 13.2 Å². The summed E-state index contributed by atoms with van der Waals surface area (Å²) in [6.45, 7) is 0.314. The summed E-state index contributed by atoms with van der Waals surface area (Å²) < 4.78 is 37.9. The second-order valence-corrected chi connectivity index (χ2v) is 4.15. The summed E-state index contributed by atoms with van der Waals surface area (Å²) in [5, 5.41) is 0. The maximum Gasteiger partial charge on any atom is 0.451 e. The normalized spacial score (nSPS) is 11.4. The van der Waals surface area contributed by atoms with E-state index in [1.165, 1.54) is 11.0 Å². The summed E-state index contributed by atoms with van der Waals surface area (Å²) in [6, 6.07) is 6.61. The van der Waals surface area contributed by atoms with Gasteiger partial charge >= 0.3 is 6.18 Å². The second kappa shape index (κ2) is 5.32. The molecule has 0 saturated carbocycles. The van der Waals surface area contributed by atoms with E-state index in [4.69, 9.17) is 5.73 Å². The van der Waals surface area contributed by atoms with Gasteiger partial charge in [-0.15, -0.1) is 0 Å². The minimum Gasteiger partial charge on any atom is -0.384 e. The molecule has 0 aliphatic rings. The lowest BCUT2D eigenvalue weighted by Gasteiger charge is -2.19. The summed E-state index contributed by atoms with van der Waals surface area (Å²) >= 11 is 0. The highest BCUT2D eigenvalue weighted by molar-refractivity contribution is 5.46. The molecule has 0 aromatic carbocycles. The Kier molecular flexibility index (Phi) is 3.73. The maximum atomic E-state index is 12.6. The van der Waals surface area contributed by atoms with Crippen LogP contribution in [-0.2, 0) is 12.7 Å². The second-order valence-electron chi connectivity index (χ2n) is 4.15. The number of pyridine rings is 1. The molecule has 0 aliphatic heterocycles. The van der Waals surface area contributed by atoms with Crippen molar-refractivity contribution >= 4 is 11.6 Å². The van der Waals surface area contributed by atoms with Crippen molar-refractivity contribution in [3.8, 4) is 0 Å². The highest BCUT2D eigenvalue weighted by Gasteiger charge is 2.35. The average Bonchev–Trinajstić information content (AvgIpc) is 2.38. The first kappa shape index (κ1) is 14.0. The number of alkyl halides is 3. The van der Waals surface area contributed by atoms with E-state index in [1.807, 2.05) is 0 Å². The fourth-order valence-electron chi connectivity index (χ4n) is 1.59. The first-order valence-corrected chi connectivity index (χ1v) is 5.69. The molecule has 0 radical (unpaired) electrons. The van der Waals surface area contributed by atoms with Crippen molar-refractivity contribution in [2.45, 2.75) is 12.7 Å². The number of aromatic nitrogens is 3. The number of nitrogens with two attached hydrogens (primary N) is 1. The lowest BCUT2D eigenvalue weighted by Crippen LogP contribution is -2.21. The third-order valence-corrected chi connectivity index (χ3v) is 2.50. The molecule has 106 valence electrons. The van der Waals surface area contributed by atoms with E-state index in [1.54, 1.807) is 31.4 Å². The fourth-order valence-corrected chi connectivity index (χ4v) is 1.59. The molecule has 8 heteroatoms. The van der Waals surface area contributed by atoms with Gasteiger partial charge in [-0.25, -0.2) is 9.97 Å². The zero-order valence-corrected chi connectivity index (χ0v) is 10.6. The van der Waals surface area contributed by atoms with Crippen LogP contribution in [-0.4, -0.2) is 22.0 Å². The van der Waals surface area contributed by atoms with Crippen LogP contribution in [0.1, 0.15) is 11.5 Å². The Hall–Kier alpha value is -2.38. The van der Waals surface area contributed by atoms with E-state index in [9.17, 15) is 13.2 Å². The van der Waals surface area contributed by atoms with Crippen molar-refractivity contribution in [3.05, 3.63) is 42.0 Å². The van der Waals surface area contributed by atoms with Gasteiger partial charge in [-0.1, -0.05) is 6.07 Å². The predicted octanol–water partition coefficient (Wildman–Crippen LogP) is 2.11. The number of nitrogen functional groups attached to an aromatic ring is 1. The van der Waals surface area contributed by atoms with Gasteiger partial charge in [0.25, 0.3) is 0 Å². The standard InChI is InChI=1S/C12H12F3N5/c1-20(7-8-4-2-3-5-17-8)10-6-9(16)18-11(19-10)12(13,14)15/h2-6H,7H2,1H3,(H2,16,18,19). The van der Waals surface area contributed by atoms with E-state index in [-0.39, 0.29) is 11.6 Å². The molecule has 0 saturated heterocycles. The van der Waals surface area contributed by atoms with Crippen LogP contribution in [0.3, 0.4) is 0 Å². The molecule has 2 rings (SSSR count). The van der Waals surface area contributed by atoms with Gasteiger partial charge in [-0.05, 0) is 12.1 Å². The van der Waals surface area contributed by atoms with Crippen molar-refractivity contribution < 1.29 is 13.2 Å². The summed E-state index contributed by atoms with van der Waals surface area (Å²) in [6.07, 6.45) is -3.02. The largest absolute Gasteiger partial charge is 0.451 e. The minimum absolute atomic E-state index is 0.0930. The quantitative estimate of drug-likeness (QED) is 0.934. The minimum atomic E-state index is -4.63. The van der Waals surface area contributed by atoms with Crippen molar-refractivity contribution in [1.82, 2.24) is 15.0 Å². The molecule has 2 aromatic rings. The van der Waals surface area contributed by atoms with Crippen LogP contribution in [0, 0.1) is 0 Å². The van der Waals surface area contributed by atoms with Crippen molar-refractivity contribution in [2.75, 3.05) is 17.7 Å². The Morgan fingerprint density at radius 2 is 2.00 bits per heavy atom. The van der Waals surface area contributed by atoms with Gasteiger partial charge in [0.2, 0.25) is 5.82 Å². The van der Waals surface area contributed by atoms with Crippen LogP contribution < -0.4 is 10.6 Å². The third-order valence-electron chi connectivity index (χ3n) is 2.50.